The molecule has 24 heavy (non-hydrogen) atoms. The summed E-state index contributed by atoms with van der Waals surface area (Å²) in [6.07, 6.45) is 5.48. The van der Waals surface area contributed by atoms with Crippen molar-refractivity contribution < 1.29 is 19.5 Å². The zero-order valence-electron chi connectivity index (χ0n) is 15.6. The summed E-state index contributed by atoms with van der Waals surface area (Å²) in [4.78, 5) is 29.9. The summed E-state index contributed by atoms with van der Waals surface area (Å²) in [6.45, 7) is 14.9. The zero-order valence-corrected chi connectivity index (χ0v) is 15.6. The van der Waals surface area contributed by atoms with E-state index in [9.17, 15) is 14.4 Å². The van der Waals surface area contributed by atoms with E-state index in [2.05, 4.69) is 24.8 Å². The number of allylic oxidation sites excluding steroid dienone is 1. The van der Waals surface area contributed by atoms with Gasteiger partial charge in [0, 0.05) is 0 Å². The molecule has 0 aliphatic rings. The van der Waals surface area contributed by atoms with E-state index >= 15 is 0 Å². The van der Waals surface area contributed by atoms with Gasteiger partial charge in [0.1, 0.15) is 5.78 Å². The van der Waals surface area contributed by atoms with Gasteiger partial charge in [-0.05, 0) is 25.0 Å². The van der Waals surface area contributed by atoms with Gasteiger partial charge in [-0.2, -0.15) is 0 Å². The lowest BCUT2D eigenvalue weighted by Gasteiger charge is -1.97. The first-order valence-electron chi connectivity index (χ1n) is 8.02. The van der Waals surface area contributed by atoms with Gasteiger partial charge in [0.15, 0.2) is 0 Å². The molecule has 0 amide bonds. The lowest BCUT2D eigenvalue weighted by molar-refractivity contribution is -0.150. The topological polar surface area (TPSA) is 71.4 Å². The third-order valence-electron chi connectivity index (χ3n) is 2.21. The van der Waals surface area contributed by atoms with E-state index in [1.807, 2.05) is 58.9 Å². The molecule has 0 radical (unpaired) electrons. The van der Waals surface area contributed by atoms with Crippen molar-refractivity contribution in [3.8, 4) is 0 Å². The normalized spacial score (nSPS) is 8.42. The fourth-order valence-electron chi connectivity index (χ4n) is 1.33. The molecule has 1 rings (SSSR count). The zero-order chi connectivity index (χ0) is 19.5. The molecule has 0 aliphatic heterocycles. The number of benzene rings is 1. The minimum absolute atomic E-state index is 0.428. The van der Waals surface area contributed by atoms with Crippen LogP contribution in [0.1, 0.15) is 59.1 Å². The van der Waals surface area contributed by atoms with Crippen LogP contribution in [0.25, 0.3) is 12.2 Å². The van der Waals surface area contributed by atoms with Gasteiger partial charge in [0.25, 0.3) is 0 Å². The number of aliphatic carboxylic acids is 1. The van der Waals surface area contributed by atoms with Crippen LogP contribution in [0.15, 0.2) is 36.9 Å². The van der Waals surface area contributed by atoms with Crippen molar-refractivity contribution >= 4 is 29.7 Å². The molecule has 1 N–H and O–H groups in total. The van der Waals surface area contributed by atoms with Crippen molar-refractivity contribution in [1.29, 1.82) is 0 Å². The van der Waals surface area contributed by atoms with E-state index < -0.39 is 24.0 Å². The summed E-state index contributed by atoms with van der Waals surface area (Å²) in [6, 6.07) is 8.19. The predicted octanol–water partition coefficient (Wildman–Crippen LogP) is 5.03. The average molecular weight is 334 g/mol. The van der Waals surface area contributed by atoms with Gasteiger partial charge < -0.3 is 5.11 Å². The van der Waals surface area contributed by atoms with Crippen LogP contribution in [0.2, 0.25) is 0 Å². The first kappa shape index (κ1) is 26.4. The third-order valence-corrected chi connectivity index (χ3v) is 2.21. The Bertz CT molecular complexity index is 528. The Morgan fingerprint density at radius 2 is 1.50 bits per heavy atom. The molecule has 4 heteroatoms. The highest BCUT2D eigenvalue weighted by molar-refractivity contribution is 6.36. The van der Waals surface area contributed by atoms with Gasteiger partial charge >= 0.3 is 5.97 Å². The number of carbonyl (C=O) groups is 3. The van der Waals surface area contributed by atoms with E-state index in [-0.39, 0.29) is 0 Å². The van der Waals surface area contributed by atoms with Crippen molar-refractivity contribution in [2.45, 2.75) is 48.0 Å². The van der Waals surface area contributed by atoms with Gasteiger partial charge in [-0.25, -0.2) is 4.79 Å². The highest BCUT2D eigenvalue weighted by Gasteiger charge is 2.12. The Labute approximate surface area is 145 Å². The molecule has 0 aliphatic carbocycles. The number of hydrogen-bond donors (Lipinski definition) is 1. The highest BCUT2D eigenvalue weighted by atomic mass is 16.4. The molecule has 0 fully saturated rings. The number of ketones is 2. The Balaban J connectivity index is -0.000000309. The molecule has 1 aromatic carbocycles. The highest BCUT2D eigenvalue weighted by Crippen LogP contribution is 2.11. The monoisotopic (exact) mass is 334 g/mol. The van der Waals surface area contributed by atoms with Gasteiger partial charge in [0.2, 0.25) is 5.78 Å². The third kappa shape index (κ3) is 14.4. The molecule has 0 atom stereocenters. The van der Waals surface area contributed by atoms with Gasteiger partial charge in [-0.3, -0.25) is 9.59 Å². The van der Waals surface area contributed by atoms with Crippen LogP contribution in [0.5, 0.6) is 0 Å². The van der Waals surface area contributed by atoms with Crippen LogP contribution in [0.3, 0.4) is 0 Å². The summed E-state index contributed by atoms with van der Waals surface area (Å²) in [5.74, 6) is -3.03. The average Bonchev–Trinajstić information content (AvgIpc) is 2.59. The molecule has 0 unspecified atom stereocenters. The quantitative estimate of drug-likeness (QED) is 0.605. The number of carbonyl (C=O) groups excluding carboxylic acids is 2. The summed E-state index contributed by atoms with van der Waals surface area (Å²) in [5, 5.41) is 7.93. The molecule has 0 aromatic heterocycles. The van der Waals surface area contributed by atoms with Gasteiger partial charge in [0.05, 0.1) is 6.42 Å². The maximum atomic E-state index is 10.1. The maximum absolute atomic E-state index is 10.1. The van der Waals surface area contributed by atoms with E-state index in [4.69, 9.17) is 5.11 Å². The molecule has 134 valence electrons. The Morgan fingerprint density at radius 1 is 1.04 bits per heavy atom. The molecular formula is C20H30O4. The number of carboxylic acid groups (broad SMARTS) is 1. The van der Waals surface area contributed by atoms with Crippen LogP contribution in [-0.4, -0.2) is 22.6 Å². The van der Waals surface area contributed by atoms with Crippen LogP contribution < -0.4 is 0 Å². The lowest BCUT2D eigenvalue weighted by Crippen LogP contribution is -2.15. The predicted molar refractivity (Wildman–Crippen MR) is 102 cm³/mol. The molecule has 0 bridgehead atoms. The van der Waals surface area contributed by atoms with Crippen molar-refractivity contribution in [3.05, 3.63) is 48.0 Å². The summed E-state index contributed by atoms with van der Waals surface area (Å²) in [7, 11) is 0. The van der Waals surface area contributed by atoms with Gasteiger partial charge in [-0.15, -0.1) is 0 Å². The van der Waals surface area contributed by atoms with E-state index in [0.717, 1.165) is 0 Å². The van der Waals surface area contributed by atoms with Crippen molar-refractivity contribution in [2.75, 3.05) is 0 Å². The molecule has 0 saturated heterocycles. The number of carboxylic acids is 1. The van der Waals surface area contributed by atoms with E-state index in [1.165, 1.54) is 18.1 Å². The second-order valence-corrected chi connectivity index (χ2v) is 3.94. The van der Waals surface area contributed by atoms with Crippen LogP contribution in [0.4, 0.5) is 0 Å². The second-order valence-electron chi connectivity index (χ2n) is 3.94. The fraction of sp³-hybridized carbons (Fsp3) is 0.350. The fourth-order valence-corrected chi connectivity index (χ4v) is 1.33. The van der Waals surface area contributed by atoms with E-state index in [0.29, 0.717) is 0 Å². The molecule has 1 aromatic rings. The Morgan fingerprint density at radius 3 is 1.79 bits per heavy atom. The van der Waals surface area contributed by atoms with Crippen LogP contribution in [0, 0.1) is 0 Å². The Hall–Kier alpha value is -2.49. The first-order valence-corrected chi connectivity index (χ1v) is 8.02. The van der Waals surface area contributed by atoms with Crippen molar-refractivity contribution in [2.24, 2.45) is 0 Å². The van der Waals surface area contributed by atoms with Gasteiger partial charge in [-0.1, -0.05) is 76.8 Å². The molecule has 0 heterocycles. The van der Waals surface area contributed by atoms with Crippen molar-refractivity contribution in [3.63, 3.8) is 0 Å². The number of Topliss-reactive ketones (excluding diaryl/α,β-unsaturated/α-hetero) is 2. The summed E-state index contributed by atoms with van der Waals surface area (Å²) < 4.78 is 0. The molecule has 4 nitrogen and oxygen atoms in total. The Kier molecular flexibility index (Phi) is 20.4. The molecule has 0 saturated carbocycles. The van der Waals surface area contributed by atoms with Crippen molar-refractivity contribution in [1.82, 2.24) is 0 Å². The van der Waals surface area contributed by atoms with E-state index in [1.54, 1.807) is 0 Å². The molecular weight excluding hydrogens is 304 g/mol. The standard InChI is InChI=1S/C11H12.C5H6O4.2C2H6/c1-3-7-11-9-6-5-8-10(11)4-2;1-3(6)2-4(7)5(8)9;2*1-2/h3-9H,2H2,1H3;2H2,1H3,(H,8,9);2*1-2H3/b7-3-;;;. The smallest absolute Gasteiger partial charge is 0.372 e. The molecule has 0 spiro atoms. The SMILES string of the molecule is C=Cc1ccccc1/C=C\C.CC.CC.CC(=O)CC(=O)C(=O)O. The lowest BCUT2D eigenvalue weighted by atomic mass is 10.1. The number of hydrogen-bond acceptors (Lipinski definition) is 3. The largest absolute Gasteiger partial charge is 0.475 e. The van der Waals surface area contributed by atoms with Crippen LogP contribution >= 0.6 is 0 Å². The summed E-state index contributed by atoms with van der Waals surface area (Å²) >= 11 is 0. The van der Waals surface area contributed by atoms with Crippen LogP contribution in [-0.2, 0) is 14.4 Å². The maximum Gasteiger partial charge on any atom is 0.372 e. The number of rotatable bonds is 5. The first-order chi connectivity index (χ1) is 11.4. The second kappa shape index (κ2) is 18.6. The minimum Gasteiger partial charge on any atom is -0.475 e. The minimum atomic E-state index is -1.55. The summed E-state index contributed by atoms with van der Waals surface area (Å²) in [5.41, 5.74) is 2.41.